The second-order valence-corrected chi connectivity index (χ2v) is 4.48. The van der Waals surface area contributed by atoms with Crippen LogP contribution >= 0.6 is 0 Å². The maximum absolute atomic E-state index is 8.96. The van der Waals surface area contributed by atoms with Crippen molar-refractivity contribution < 1.29 is 0 Å². The van der Waals surface area contributed by atoms with E-state index in [-0.39, 0.29) is 0 Å². The van der Waals surface area contributed by atoms with Gasteiger partial charge in [-0.2, -0.15) is 5.26 Å². The van der Waals surface area contributed by atoms with E-state index >= 15 is 0 Å². The Morgan fingerprint density at radius 1 is 1.21 bits per heavy atom. The zero-order chi connectivity index (χ0) is 11.1. The molecule has 0 amide bonds. The minimum absolute atomic E-state index is 0.594. The molecule has 0 aliphatic rings. The van der Waals surface area contributed by atoms with Gasteiger partial charge in [-0.25, -0.2) is 0 Å². The summed E-state index contributed by atoms with van der Waals surface area (Å²) in [6.07, 6.45) is 1.89. The van der Waals surface area contributed by atoms with Gasteiger partial charge < -0.3 is 4.90 Å². The molecule has 0 radical (unpaired) electrons. The van der Waals surface area contributed by atoms with E-state index in [1.807, 2.05) is 13.0 Å². The highest BCUT2D eigenvalue weighted by Crippen LogP contribution is 2.10. The molecule has 80 valence electrons. The first-order valence-electron chi connectivity index (χ1n) is 5.32. The minimum Gasteiger partial charge on any atom is -0.363 e. The molecule has 0 rings (SSSR count). The third kappa shape index (κ3) is 4.91. The molecule has 0 bridgehead atoms. The van der Waals surface area contributed by atoms with Gasteiger partial charge >= 0.3 is 0 Å². The summed E-state index contributed by atoms with van der Waals surface area (Å²) < 4.78 is 0. The van der Waals surface area contributed by atoms with Crippen molar-refractivity contribution in [2.45, 2.75) is 34.6 Å². The average Bonchev–Trinajstić information content (AvgIpc) is 2.03. The molecule has 0 spiro atoms. The quantitative estimate of drug-likeness (QED) is 0.629. The van der Waals surface area contributed by atoms with Crippen molar-refractivity contribution in [3.05, 3.63) is 11.8 Å². The summed E-state index contributed by atoms with van der Waals surface area (Å²) in [7, 11) is 0. The molecule has 0 atom stereocenters. The van der Waals surface area contributed by atoms with Crippen LogP contribution in [0.1, 0.15) is 34.6 Å². The van der Waals surface area contributed by atoms with Crippen molar-refractivity contribution in [2.24, 2.45) is 11.8 Å². The van der Waals surface area contributed by atoms with Crippen molar-refractivity contribution >= 4 is 0 Å². The van der Waals surface area contributed by atoms with Gasteiger partial charge in [0.25, 0.3) is 0 Å². The van der Waals surface area contributed by atoms with Crippen LogP contribution in [0, 0.1) is 23.2 Å². The van der Waals surface area contributed by atoms with Crippen molar-refractivity contribution in [3.8, 4) is 6.07 Å². The lowest BCUT2D eigenvalue weighted by Crippen LogP contribution is -2.30. The van der Waals surface area contributed by atoms with Crippen LogP contribution in [0.2, 0.25) is 0 Å². The summed E-state index contributed by atoms with van der Waals surface area (Å²) in [5, 5.41) is 8.96. The Kier molecular flexibility index (Phi) is 6.03. The van der Waals surface area contributed by atoms with Crippen LogP contribution in [0.15, 0.2) is 11.8 Å². The zero-order valence-corrected chi connectivity index (χ0v) is 10.0. The normalized spacial score (nSPS) is 12.0. The lowest BCUT2D eigenvalue weighted by molar-refractivity contribution is 0.282. The molecule has 0 N–H and O–H groups in total. The Hall–Kier alpha value is -0.970. The lowest BCUT2D eigenvalue weighted by atomic mass is 10.1. The molecule has 0 aromatic carbocycles. The van der Waals surface area contributed by atoms with Gasteiger partial charge in [0, 0.05) is 13.1 Å². The Bertz CT molecular complexity index is 211. The van der Waals surface area contributed by atoms with Crippen LogP contribution in [-0.2, 0) is 0 Å². The molecule has 0 saturated carbocycles. The number of nitriles is 1. The van der Waals surface area contributed by atoms with Gasteiger partial charge in [0.15, 0.2) is 0 Å². The van der Waals surface area contributed by atoms with E-state index in [0.29, 0.717) is 11.8 Å². The van der Waals surface area contributed by atoms with E-state index in [2.05, 4.69) is 38.7 Å². The van der Waals surface area contributed by atoms with Crippen molar-refractivity contribution in [1.82, 2.24) is 4.90 Å². The molecule has 14 heavy (non-hydrogen) atoms. The number of allylic oxidation sites excluding steroid dienone is 2. The Labute approximate surface area is 88.2 Å². The summed E-state index contributed by atoms with van der Waals surface area (Å²) in [5.41, 5.74) is 0.799. The molecule has 0 fully saturated rings. The summed E-state index contributed by atoms with van der Waals surface area (Å²) in [4.78, 5) is 2.18. The summed E-state index contributed by atoms with van der Waals surface area (Å²) in [5.74, 6) is 1.19. The third-order valence-corrected chi connectivity index (χ3v) is 1.90. The number of hydrogen-bond acceptors (Lipinski definition) is 2. The highest BCUT2D eigenvalue weighted by Gasteiger charge is 2.11. The molecular weight excluding hydrogens is 172 g/mol. The number of nitrogens with zero attached hydrogens (tertiary/aromatic N) is 2. The molecule has 0 unspecified atom stereocenters. The molecular formula is C12H22N2. The molecule has 0 aromatic heterocycles. The van der Waals surface area contributed by atoms with E-state index in [0.717, 1.165) is 18.8 Å². The topological polar surface area (TPSA) is 27.0 Å². The first-order chi connectivity index (χ1) is 6.51. The molecule has 2 nitrogen and oxygen atoms in total. The zero-order valence-electron chi connectivity index (χ0n) is 10.0. The fraction of sp³-hybridized carbons (Fsp3) is 0.750. The summed E-state index contributed by atoms with van der Waals surface area (Å²) in [6.45, 7) is 12.6. The second kappa shape index (κ2) is 6.48. The largest absolute Gasteiger partial charge is 0.363 e. The molecule has 0 aromatic rings. The minimum atomic E-state index is 0.594. The molecule has 2 heteroatoms. The predicted octanol–water partition coefficient (Wildman–Crippen LogP) is 3.03. The second-order valence-electron chi connectivity index (χ2n) is 4.48. The highest BCUT2D eigenvalue weighted by atomic mass is 15.1. The maximum Gasteiger partial charge on any atom is 0.117 e. The number of rotatable bonds is 5. The fourth-order valence-corrected chi connectivity index (χ4v) is 1.47. The Morgan fingerprint density at radius 2 is 1.64 bits per heavy atom. The third-order valence-electron chi connectivity index (χ3n) is 1.90. The Morgan fingerprint density at radius 3 is 1.86 bits per heavy atom. The summed E-state index contributed by atoms with van der Waals surface area (Å²) in [6, 6.07) is 2.25. The van der Waals surface area contributed by atoms with Gasteiger partial charge in [0.2, 0.25) is 0 Å². The van der Waals surface area contributed by atoms with Crippen LogP contribution < -0.4 is 0 Å². The molecule has 0 aliphatic carbocycles. The molecule has 0 saturated heterocycles. The SMILES string of the molecule is CC=C(C#N)N(CC(C)C)CC(C)C. The van der Waals surface area contributed by atoms with Crippen LogP contribution in [0.25, 0.3) is 0 Å². The van der Waals surface area contributed by atoms with Crippen molar-refractivity contribution in [2.75, 3.05) is 13.1 Å². The Balaban J connectivity index is 4.47. The van der Waals surface area contributed by atoms with Gasteiger partial charge in [-0.1, -0.05) is 33.8 Å². The van der Waals surface area contributed by atoms with Gasteiger partial charge in [0.1, 0.15) is 11.8 Å². The fourth-order valence-electron chi connectivity index (χ4n) is 1.47. The standard InChI is InChI=1S/C12H22N2/c1-6-12(7-13)14(8-10(2)3)9-11(4)5/h6,10-11H,8-9H2,1-5H3. The van der Waals surface area contributed by atoms with Crippen LogP contribution in [-0.4, -0.2) is 18.0 Å². The summed E-state index contributed by atoms with van der Waals surface area (Å²) >= 11 is 0. The van der Waals surface area contributed by atoms with E-state index in [4.69, 9.17) is 5.26 Å². The van der Waals surface area contributed by atoms with Crippen LogP contribution in [0.5, 0.6) is 0 Å². The van der Waals surface area contributed by atoms with Gasteiger partial charge in [-0.05, 0) is 18.8 Å². The van der Waals surface area contributed by atoms with Crippen molar-refractivity contribution in [3.63, 3.8) is 0 Å². The van der Waals surface area contributed by atoms with Gasteiger partial charge in [-0.15, -0.1) is 0 Å². The molecule has 0 heterocycles. The predicted molar refractivity (Wildman–Crippen MR) is 60.6 cm³/mol. The lowest BCUT2D eigenvalue weighted by Gasteiger charge is -2.27. The monoisotopic (exact) mass is 194 g/mol. The van der Waals surface area contributed by atoms with Crippen molar-refractivity contribution in [1.29, 1.82) is 5.26 Å². The van der Waals surface area contributed by atoms with Gasteiger partial charge in [-0.3, -0.25) is 0 Å². The van der Waals surface area contributed by atoms with E-state index < -0.39 is 0 Å². The first kappa shape index (κ1) is 13.0. The first-order valence-corrected chi connectivity index (χ1v) is 5.32. The van der Waals surface area contributed by atoms with Crippen LogP contribution in [0.4, 0.5) is 0 Å². The maximum atomic E-state index is 8.96. The van der Waals surface area contributed by atoms with Gasteiger partial charge in [0.05, 0.1) is 0 Å². The average molecular weight is 194 g/mol. The van der Waals surface area contributed by atoms with E-state index in [1.165, 1.54) is 0 Å². The van der Waals surface area contributed by atoms with E-state index in [9.17, 15) is 0 Å². The number of hydrogen-bond donors (Lipinski definition) is 0. The highest BCUT2D eigenvalue weighted by molar-refractivity contribution is 5.18. The smallest absolute Gasteiger partial charge is 0.117 e. The van der Waals surface area contributed by atoms with E-state index in [1.54, 1.807) is 0 Å². The molecule has 0 aliphatic heterocycles. The van der Waals surface area contributed by atoms with Crippen LogP contribution in [0.3, 0.4) is 0 Å².